The molecule has 2 aliphatic rings. The maximum absolute atomic E-state index is 13.7. The van der Waals surface area contributed by atoms with Crippen molar-refractivity contribution in [1.82, 2.24) is 0 Å². The van der Waals surface area contributed by atoms with Gasteiger partial charge in [-0.3, -0.25) is 14.6 Å². The van der Waals surface area contributed by atoms with E-state index in [9.17, 15) is 9.59 Å². The largest absolute Gasteiger partial charge is 0.497 e. The first-order valence-electron chi connectivity index (χ1n) is 13.0. The zero-order chi connectivity index (χ0) is 27.4. The zero-order valence-electron chi connectivity index (χ0n) is 21.9. The van der Waals surface area contributed by atoms with Crippen molar-refractivity contribution in [2.24, 2.45) is 10.9 Å². The Labute approximate surface area is 233 Å². The molecule has 7 heteroatoms. The fourth-order valence-corrected chi connectivity index (χ4v) is 5.54. The van der Waals surface area contributed by atoms with Gasteiger partial charge in [0.1, 0.15) is 30.6 Å². The third-order valence-electron chi connectivity index (χ3n) is 7.30. The van der Waals surface area contributed by atoms with Gasteiger partial charge in [0, 0.05) is 34.3 Å². The first-order chi connectivity index (χ1) is 18.9. The van der Waals surface area contributed by atoms with Crippen LogP contribution in [0.2, 0.25) is 5.02 Å². The average molecular weight is 544 g/mol. The van der Waals surface area contributed by atoms with Gasteiger partial charge in [0.2, 0.25) is 0 Å². The molecule has 39 heavy (non-hydrogen) atoms. The van der Waals surface area contributed by atoms with Crippen LogP contribution in [-0.4, -0.2) is 37.8 Å². The predicted molar refractivity (Wildman–Crippen MR) is 151 cm³/mol. The molecule has 1 aliphatic carbocycles. The normalized spacial score (nSPS) is 20.6. The maximum Gasteiger partial charge on any atom is 0.315 e. The van der Waals surface area contributed by atoms with E-state index in [1.807, 2.05) is 85.8 Å². The van der Waals surface area contributed by atoms with Crippen molar-refractivity contribution < 1.29 is 23.8 Å². The van der Waals surface area contributed by atoms with Crippen LogP contribution in [0.4, 0.5) is 0 Å². The summed E-state index contributed by atoms with van der Waals surface area (Å²) in [4.78, 5) is 32.1. The second kappa shape index (κ2) is 11.9. The van der Waals surface area contributed by atoms with Gasteiger partial charge in [-0.2, -0.15) is 0 Å². The van der Waals surface area contributed by atoms with E-state index in [1.165, 1.54) is 0 Å². The van der Waals surface area contributed by atoms with E-state index < -0.39 is 17.8 Å². The van der Waals surface area contributed by atoms with Crippen molar-refractivity contribution >= 4 is 29.1 Å². The molecule has 0 fully saturated rings. The summed E-state index contributed by atoms with van der Waals surface area (Å²) < 4.78 is 16.7. The van der Waals surface area contributed by atoms with Gasteiger partial charge in [0.15, 0.2) is 5.78 Å². The number of hydrogen-bond donors (Lipinski definition) is 0. The van der Waals surface area contributed by atoms with Crippen molar-refractivity contribution in [3.63, 3.8) is 0 Å². The number of halogens is 1. The van der Waals surface area contributed by atoms with Crippen LogP contribution >= 0.6 is 11.6 Å². The van der Waals surface area contributed by atoms with Gasteiger partial charge in [0.25, 0.3) is 0 Å². The SMILES string of the molecule is COc1ccc([C@H]2C3=C(C[C@@H](c4ccc(Cl)cc4)CC3=O)N=C(C)C2C(=O)OCCOc2ccccc2)cc1. The molecule has 0 bridgehead atoms. The Balaban J connectivity index is 1.41. The molecule has 5 rings (SSSR count). The van der Waals surface area contributed by atoms with Crippen LogP contribution < -0.4 is 9.47 Å². The number of ether oxygens (including phenoxy) is 3. The van der Waals surface area contributed by atoms with Gasteiger partial charge < -0.3 is 14.2 Å². The van der Waals surface area contributed by atoms with Gasteiger partial charge in [-0.05, 0) is 66.8 Å². The van der Waals surface area contributed by atoms with Gasteiger partial charge in [-0.25, -0.2) is 0 Å². The molecule has 0 aromatic heterocycles. The number of hydrogen-bond acceptors (Lipinski definition) is 6. The quantitative estimate of drug-likeness (QED) is 0.238. The standard InChI is InChI=1S/C32H30ClNO5/c1-20-29(32(36)39-17-16-38-26-6-4-3-5-7-26)30(22-10-14-25(37-2)15-11-22)31-27(34-20)18-23(19-28(31)35)21-8-12-24(33)13-9-21/h3-15,23,29-30H,16-19H2,1-2H3/t23-,29?,30-/m1/s1. The Bertz CT molecular complexity index is 1400. The number of Topliss-reactive ketones (excluding diaryl/α,β-unsaturated/α-hetero) is 1. The third kappa shape index (κ3) is 5.91. The minimum Gasteiger partial charge on any atom is -0.497 e. The Hall–Kier alpha value is -3.90. The highest BCUT2D eigenvalue weighted by atomic mass is 35.5. The van der Waals surface area contributed by atoms with Crippen LogP contribution in [0.25, 0.3) is 0 Å². The zero-order valence-corrected chi connectivity index (χ0v) is 22.7. The lowest BCUT2D eigenvalue weighted by atomic mass is 9.69. The van der Waals surface area contributed by atoms with Crippen molar-refractivity contribution in [3.05, 3.63) is 106 Å². The monoisotopic (exact) mass is 543 g/mol. The van der Waals surface area contributed by atoms with E-state index in [0.717, 1.165) is 16.8 Å². The van der Waals surface area contributed by atoms with Crippen molar-refractivity contribution in [2.75, 3.05) is 20.3 Å². The Kier molecular flexibility index (Phi) is 8.13. The number of benzene rings is 3. The number of esters is 1. The summed E-state index contributed by atoms with van der Waals surface area (Å²) in [5, 5.41) is 0.655. The lowest BCUT2D eigenvalue weighted by Gasteiger charge is -2.36. The molecule has 3 atom stereocenters. The predicted octanol–water partition coefficient (Wildman–Crippen LogP) is 6.55. The number of nitrogens with zero attached hydrogens (tertiary/aromatic N) is 1. The highest BCUT2D eigenvalue weighted by Gasteiger charge is 2.44. The Morgan fingerprint density at radius 2 is 1.59 bits per heavy atom. The number of allylic oxidation sites excluding steroid dienone is 2. The van der Waals surface area contributed by atoms with Crippen LogP contribution in [0.1, 0.15) is 42.7 Å². The second-order valence-electron chi connectivity index (χ2n) is 9.75. The molecule has 0 radical (unpaired) electrons. The summed E-state index contributed by atoms with van der Waals surface area (Å²) in [6, 6.07) is 24.5. The fourth-order valence-electron chi connectivity index (χ4n) is 5.42. The van der Waals surface area contributed by atoms with Crippen molar-refractivity contribution in [1.29, 1.82) is 0 Å². The lowest BCUT2D eigenvalue weighted by Crippen LogP contribution is -2.38. The lowest BCUT2D eigenvalue weighted by molar-refractivity contribution is -0.147. The molecule has 6 nitrogen and oxygen atoms in total. The highest BCUT2D eigenvalue weighted by molar-refractivity contribution is 6.30. The van der Waals surface area contributed by atoms with Crippen molar-refractivity contribution in [2.45, 2.75) is 31.6 Å². The number of aliphatic imine (C=N–C) groups is 1. The molecular weight excluding hydrogens is 514 g/mol. The van der Waals surface area contributed by atoms with E-state index >= 15 is 0 Å². The fraction of sp³-hybridized carbons (Fsp3) is 0.281. The van der Waals surface area contributed by atoms with Gasteiger partial charge >= 0.3 is 5.97 Å². The smallest absolute Gasteiger partial charge is 0.315 e. The van der Waals surface area contributed by atoms with E-state index in [1.54, 1.807) is 7.11 Å². The number of carbonyl (C=O) groups excluding carboxylic acids is 2. The topological polar surface area (TPSA) is 74.2 Å². The van der Waals surface area contributed by atoms with E-state index in [-0.39, 0.29) is 24.9 Å². The number of ketones is 1. The molecule has 200 valence electrons. The first kappa shape index (κ1) is 26.7. The van der Waals surface area contributed by atoms with Crippen molar-refractivity contribution in [3.8, 4) is 11.5 Å². The molecule has 0 amide bonds. The Morgan fingerprint density at radius 1 is 0.897 bits per heavy atom. The summed E-state index contributed by atoms with van der Waals surface area (Å²) in [5.41, 5.74) is 3.86. The number of para-hydroxylation sites is 1. The minimum absolute atomic E-state index is 0.000205. The number of carbonyl (C=O) groups is 2. The van der Waals surface area contributed by atoms with Gasteiger partial charge in [-0.1, -0.05) is 54.1 Å². The number of rotatable bonds is 8. The molecule has 3 aromatic carbocycles. The van der Waals surface area contributed by atoms with Crippen LogP contribution in [0, 0.1) is 5.92 Å². The molecule has 0 saturated heterocycles. The molecule has 1 unspecified atom stereocenters. The summed E-state index contributed by atoms with van der Waals surface area (Å²) in [6.45, 7) is 2.15. The molecule has 0 spiro atoms. The minimum atomic E-state index is -0.718. The molecule has 3 aromatic rings. The van der Waals surface area contributed by atoms with Crippen LogP contribution in [0.5, 0.6) is 11.5 Å². The number of methoxy groups -OCH3 is 1. The molecule has 0 saturated carbocycles. The van der Waals surface area contributed by atoms with E-state index in [4.69, 9.17) is 30.8 Å². The summed E-state index contributed by atoms with van der Waals surface area (Å²) >= 11 is 6.08. The second-order valence-corrected chi connectivity index (χ2v) is 10.2. The van der Waals surface area contributed by atoms with Gasteiger partial charge in [-0.15, -0.1) is 0 Å². The average Bonchev–Trinajstić information content (AvgIpc) is 2.95. The van der Waals surface area contributed by atoms with Gasteiger partial charge in [0.05, 0.1) is 7.11 Å². The maximum atomic E-state index is 13.7. The Morgan fingerprint density at radius 3 is 2.28 bits per heavy atom. The van der Waals surface area contributed by atoms with E-state index in [2.05, 4.69) is 0 Å². The third-order valence-corrected chi connectivity index (χ3v) is 7.55. The van der Waals surface area contributed by atoms with Crippen LogP contribution in [-0.2, 0) is 14.3 Å². The summed E-state index contributed by atoms with van der Waals surface area (Å²) in [7, 11) is 1.60. The molecule has 1 heterocycles. The molecule has 1 aliphatic heterocycles. The molecular formula is C32H30ClNO5. The molecule has 0 N–H and O–H groups in total. The summed E-state index contributed by atoms with van der Waals surface area (Å²) in [6.07, 6.45) is 0.952. The highest BCUT2D eigenvalue weighted by Crippen LogP contribution is 2.47. The summed E-state index contributed by atoms with van der Waals surface area (Å²) in [5.74, 6) is -0.233. The van der Waals surface area contributed by atoms with Crippen LogP contribution in [0.15, 0.2) is 95.1 Å². The van der Waals surface area contributed by atoms with Crippen LogP contribution in [0.3, 0.4) is 0 Å². The first-order valence-corrected chi connectivity index (χ1v) is 13.4. The van der Waals surface area contributed by atoms with E-state index in [0.29, 0.717) is 40.6 Å².